The highest BCUT2D eigenvalue weighted by atomic mass is 16.5. The molecule has 1 fully saturated rings. The minimum atomic E-state index is 0.210. The van der Waals surface area contributed by atoms with Crippen molar-refractivity contribution >= 4 is 0 Å². The quantitative estimate of drug-likeness (QED) is 0.763. The lowest BCUT2D eigenvalue weighted by Gasteiger charge is -2.42. The lowest BCUT2D eigenvalue weighted by Crippen LogP contribution is -2.45. The maximum atomic E-state index is 9.12. The highest BCUT2D eigenvalue weighted by Crippen LogP contribution is 2.33. The summed E-state index contributed by atoms with van der Waals surface area (Å²) in [5.41, 5.74) is 7.25. The molecule has 0 aromatic heterocycles. The van der Waals surface area contributed by atoms with Crippen LogP contribution in [-0.4, -0.2) is 42.9 Å². The van der Waals surface area contributed by atoms with E-state index in [0.717, 1.165) is 18.7 Å². The summed E-state index contributed by atoms with van der Waals surface area (Å²) < 4.78 is 5.31. The normalized spacial score (nSPS) is 17.0. The molecule has 0 saturated heterocycles. The van der Waals surface area contributed by atoms with E-state index in [-0.39, 0.29) is 12.6 Å². The molecule has 20 heavy (non-hydrogen) atoms. The molecule has 0 amide bonds. The number of ether oxygens (including phenoxy) is 1. The van der Waals surface area contributed by atoms with Crippen molar-refractivity contribution < 1.29 is 9.84 Å². The average molecular weight is 278 g/mol. The second-order valence-corrected chi connectivity index (χ2v) is 5.43. The van der Waals surface area contributed by atoms with Crippen LogP contribution >= 0.6 is 0 Å². The van der Waals surface area contributed by atoms with Crippen LogP contribution in [0.1, 0.15) is 37.3 Å². The number of rotatable bonds is 8. The van der Waals surface area contributed by atoms with Crippen molar-refractivity contribution in [3.05, 3.63) is 29.8 Å². The summed E-state index contributed by atoms with van der Waals surface area (Å²) in [5, 5.41) is 9.12. The fraction of sp³-hybridized carbons (Fsp3) is 0.625. The highest BCUT2D eigenvalue weighted by molar-refractivity contribution is 5.31. The number of methoxy groups -OCH3 is 1. The van der Waals surface area contributed by atoms with Crippen molar-refractivity contribution in [3.8, 4) is 5.75 Å². The Labute approximate surface area is 121 Å². The van der Waals surface area contributed by atoms with Crippen molar-refractivity contribution in [3.63, 3.8) is 0 Å². The van der Waals surface area contributed by atoms with Crippen LogP contribution in [0.3, 0.4) is 0 Å². The van der Waals surface area contributed by atoms with Gasteiger partial charge in [0.05, 0.1) is 7.11 Å². The van der Waals surface area contributed by atoms with E-state index >= 15 is 0 Å². The third-order valence-corrected chi connectivity index (χ3v) is 4.22. The van der Waals surface area contributed by atoms with Gasteiger partial charge in [0.25, 0.3) is 0 Å². The van der Waals surface area contributed by atoms with E-state index < -0.39 is 0 Å². The van der Waals surface area contributed by atoms with Gasteiger partial charge >= 0.3 is 0 Å². The third kappa shape index (κ3) is 3.51. The summed E-state index contributed by atoms with van der Waals surface area (Å²) in [6.07, 6.45) is 4.59. The Hall–Kier alpha value is -1.10. The lowest BCUT2D eigenvalue weighted by molar-refractivity contribution is 0.0742. The van der Waals surface area contributed by atoms with Crippen molar-refractivity contribution in [1.29, 1.82) is 0 Å². The molecule has 3 N–H and O–H groups in total. The van der Waals surface area contributed by atoms with Crippen molar-refractivity contribution in [2.75, 3.05) is 26.8 Å². The zero-order valence-electron chi connectivity index (χ0n) is 12.3. The molecule has 1 saturated carbocycles. The molecule has 1 atom stereocenters. The number of hydrogen-bond donors (Lipinski definition) is 2. The SMILES string of the molecule is COc1cccc(C(CN)N(CCCO)C2CCC2)c1. The maximum Gasteiger partial charge on any atom is 0.119 e. The van der Waals surface area contributed by atoms with Gasteiger partial charge in [-0.2, -0.15) is 0 Å². The van der Waals surface area contributed by atoms with Crippen LogP contribution in [0.15, 0.2) is 24.3 Å². The van der Waals surface area contributed by atoms with Gasteiger partial charge in [-0.05, 0) is 37.0 Å². The summed E-state index contributed by atoms with van der Waals surface area (Å²) >= 11 is 0. The number of aliphatic hydroxyl groups is 1. The minimum Gasteiger partial charge on any atom is -0.497 e. The summed E-state index contributed by atoms with van der Waals surface area (Å²) in [4.78, 5) is 2.47. The maximum absolute atomic E-state index is 9.12. The van der Waals surface area contributed by atoms with Gasteiger partial charge in [0.2, 0.25) is 0 Å². The molecule has 1 aromatic carbocycles. The number of benzene rings is 1. The van der Waals surface area contributed by atoms with Crippen LogP contribution in [0, 0.1) is 0 Å². The molecule has 0 bridgehead atoms. The van der Waals surface area contributed by atoms with Crippen molar-refractivity contribution in [2.24, 2.45) is 5.73 Å². The molecule has 0 spiro atoms. The first-order valence-corrected chi connectivity index (χ1v) is 7.50. The molecule has 2 rings (SSSR count). The van der Waals surface area contributed by atoms with Crippen LogP contribution in [0.25, 0.3) is 0 Å². The molecule has 112 valence electrons. The van der Waals surface area contributed by atoms with E-state index in [2.05, 4.69) is 17.0 Å². The predicted molar refractivity (Wildman–Crippen MR) is 80.8 cm³/mol. The van der Waals surface area contributed by atoms with E-state index in [1.165, 1.54) is 24.8 Å². The van der Waals surface area contributed by atoms with Gasteiger partial charge in [0, 0.05) is 31.8 Å². The van der Waals surface area contributed by atoms with Crippen LogP contribution < -0.4 is 10.5 Å². The Bertz CT molecular complexity index is 407. The summed E-state index contributed by atoms with van der Waals surface area (Å²) in [5.74, 6) is 0.872. The average Bonchev–Trinajstić information content (AvgIpc) is 2.43. The summed E-state index contributed by atoms with van der Waals surface area (Å²) in [7, 11) is 1.69. The van der Waals surface area contributed by atoms with E-state index in [1.807, 2.05) is 12.1 Å². The van der Waals surface area contributed by atoms with Gasteiger partial charge in [0.1, 0.15) is 5.75 Å². The molecule has 0 aliphatic heterocycles. The molecule has 0 radical (unpaired) electrons. The third-order valence-electron chi connectivity index (χ3n) is 4.22. The number of nitrogens with two attached hydrogens (primary N) is 1. The molecular weight excluding hydrogens is 252 g/mol. The van der Waals surface area contributed by atoms with Gasteiger partial charge in [-0.1, -0.05) is 18.6 Å². The van der Waals surface area contributed by atoms with Gasteiger partial charge < -0.3 is 15.6 Å². The zero-order chi connectivity index (χ0) is 14.4. The van der Waals surface area contributed by atoms with Crippen molar-refractivity contribution in [1.82, 2.24) is 4.90 Å². The van der Waals surface area contributed by atoms with Crippen LogP contribution in [0.2, 0.25) is 0 Å². The first-order chi connectivity index (χ1) is 9.80. The largest absolute Gasteiger partial charge is 0.497 e. The second kappa shape index (κ2) is 7.62. The number of aliphatic hydroxyl groups excluding tert-OH is 1. The summed E-state index contributed by atoms with van der Waals surface area (Å²) in [6.45, 7) is 1.73. The highest BCUT2D eigenvalue weighted by Gasteiger charge is 2.30. The Morgan fingerprint density at radius 3 is 2.80 bits per heavy atom. The fourth-order valence-corrected chi connectivity index (χ4v) is 2.88. The Morgan fingerprint density at radius 1 is 1.45 bits per heavy atom. The lowest BCUT2D eigenvalue weighted by atomic mass is 9.89. The smallest absolute Gasteiger partial charge is 0.119 e. The molecule has 4 nitrogen and oxygen atoms in total. The number of nitrogens with zero attached hydrogens (tertiary/aromatic N) is 1. The van der Waals surface area contributed by atoms with Gasteiger partial charge in [0.15, 0.2) is 0 Å². The molecule has 4 heteroatoms. The van der Waals surface area contributed by atoms with Gasteiger partial charge in [-0.25, -0.2) is 0 Å². The Morgan fingerprint density at radius 2 is 2.25 bits per heavy atom. The van der Waals surface area contributed by atoms with Gasteiger partial charge in [-0.3, -0.25) is 4.90 Å². The van der Waals surface area contributed by atoms with E-state index in [1.54, 1.807) is 7.11 Å². The molecule has 0 heterocycles. The Balaban J connectivity index is 2.17. The summed E-state index contributed by atoms with van der Waals surface area (Å²) in [6, 6.07) is 8.98. The van der Waals surface area contributed by atoms with E-state index in [4.69, 9.17) is 15.6 Å². The van der Waals surface area contributed by atoms with Crippen LogP contribution in [-0.2, 0) is 0 Å². The minimum absolute atomic E-state index is 0.210. The first kappa shape index (κ1) is 15.3. The molecule has 1 aromatic rings. The van der Waals surface area contributed by atoms with E-state index in [0.29, 0.717) is 12.6 Å². The number of hydrogen-bond acceptors (Lipinski definition) is 4. The monoisotopic (exact) mass is 278 g/mol. The molecule has 1 aliphatic carbocycles. The molecule has 1 unspecified atom stereocenters. The zero-order valence-corrected chi connectivity index (χ0v) is 12.3. The van der Waals surface area contributed by atoms with Crippen molar-refractivity contribution in [2.45, 2.75) is 37.8 Å². The standard InChI is InChI=1S/C16H26N2O2/c1-20-15-8-2-5-13(11-15)16(12-17)18(9-4-10-19)14-6-3-7-14/h2,5,8,11,14,16,19H,3-4,6-7,9-10,12,17H2,1H3. The topological polar surface area (TPSA) is 58.7 Å². The second-order valence-electron chi connectivity index (χ2n) is 5.43. The Kier molecular flexibility index (Phi) is 5.83. The fourth-order valence-electron chi connectivity index (χ4n) is 2.88. The first-order valence-electron chi connectivity index (χ1n) is 7.50. The predicted octanol–water partition coefficient (Wildman–Crippen LogP) is 1.93. The molecular formula is C16H26N2O2. The van der Waals surface area contributed by atoms with Crippen LogP contribution in [0.5, 0.6) is 5.75 Å². The van der Waals surface area contributed by atoms with Gasteiger partial charge in [-0.15, -0.1) is 0 Å². The van der Waals surface area contributed by atoms with E-state index in [9.17, 15) is 0 Å². The molecule has 1 aliphatic rings. The van der Waals surface area contributed by atoms with Crippen LogP contribution in [0.4, 0.5) is 0 Å².